The number of thiocarbonyl (C=S) groups is 1. The molecule has 2 aliphatic heterocycles. The smallest absolute Gasteiger partial charge is 0.267 e. The zero-order valence-corrected chi connectivity index (χ0v) is 15.7. The molecule has 1 atom stereocenters. The van der Waals surface area contributed by atoms with Gasteiger partial charge in [0.2, 0.25) is 0 Å². The summed E-state index contributed by atoms with van der Waals surface area (Å²) in [5.74, 6) is 0.817. The summed E-state index contributed by atoms with van der Waals surface area (Å²) in [6.07, 6.45) is 5.56. The molecule has 2 fully saturated rings. The molecule has 0 saturated carbocycles. The number of thioether (sulfide) groups is 1. The van der Waals surface area contributed by atoms with E-state index >= 15 is 0 Å². The average molecular weight is 363 g/mol. The van der Waals surface area contributed by atoms with Gasteiger partial charge in [-0.25, -0.2) is 0 Å². The maximum Gasteiger partial charge on any atom is 0.267 e. The van der Waals surface area contributed by atoms with E-state index in [0.29, 0.717) is 21.9 Å². The van der Waals surface area contributed by atoms with E-state index in [1.54, 1.807) is 12.0 Å². The molecule has 2 saturated heterocycles. The second kappa shape index (κ2) is 7.68. The third kappa shape index (κ3) is 3.82. The standard InChI is InChI=1S/C18H22N2O2S2/c1-13-5-3-4-10-19(13)12-20-17(21)16(24-18(20)23)11-14-6-8-15(22-2)9-7-14/h6-9,11,13H,3-5,10,12H2,1-2H3/b16-11+/t13-/m0/s1. The van der Waals surface area contributed by atoms with Crippen molar-refractivity contribution in [2.45, 2.75) is 32.2 Å². The summed E-state index contributed by atoms with van der Waals surface area (Å²) in [6, 6.07) is 8.18. The van der Waals surface area contributed by atoms with Crippen LogP contribution in [0.5, 0.6) is 5.75 Å². The number of methoxy groups -OCH3 is 1. The molecule has 2 heterocycles. The van der Waals surface area contributed by atoms with Crippen LogP contribution in [0.2, 0.25) is 0 Å². The maximum atomic E-state index is 12.7. The van der Waals surface area contributed by atoms with E-state index < -0.39 is 0 Å². The van der Waals surface area contributed by atoms with Crippen LogP contribution in [0.4, 0.5) is 0 Å². The van der Waals surface area contributed by atoms with Crippen molar-refractivity contribution in [2.75, 3.05) is 20.3 Å². The van der Waals surface area contributed by atoms with Crippen molar-refractivity contribution in [3.63, 3.8) is 0 Å². The summed E-state index contributed by atoms with van der Waals surface area (Å²) in [4.78, 5) is 17.5. The molecule has 128 valence electrons. The highest BCUT2D eigenvalue weighted by molar-refractivity contribution is 8.26. The van der Waals surface area contributed by atoms with Crippen LogP contribution in [0.25, 0.3) is 6.08 Å². The number of carbonyl (C=O) groups excluding carboxylic acids is 1. The van der Waals surface area contributed by atoms with E-state index in [1.165, 1.54) is 31.0 Å². The molecule has 2 aliphatic rings. The van der Waals surface area contributed by atoms with Gasteiger partial charge in [-0.1, -0.05) is 42.5 Å². The quantitative estimate of drug-likeness (QED) is 0.602. The minimum Gasteiger partial charge on any atom is -0.497 e. The Labute approximate surface area is 152 Å². The number of hydrogen-bond donors (Lipinski definition) is 0. The Hall–Kier alpha value is -1.37. The number of benzene rings is 1. The summed E-state index contributed by atoms with van der Waals surface area (Å²) in [5.41, 5.74) is 0.975. The first-order chi connectivity index (χ1) is 11.6. The Morgan fingerprint density at radius 2 is 2.08 bits per heavy atom. The minimum atomic E-state index is 0.0126. The van der Waals surface area contributed by atoms with Gasteiger partial charge in [0.05, 0.1) is 18.7 Å². The Balaban J connectivity index is 1.71. The van der Waals surface area contributed by atoms with Crippen LogP contribution in [-0.2, 0) is 4.79 Å². The molecule has 0 aromatic heterocycles. The fourth-order valence-electron chi connectivity index (χ4n) is 3.02. The molecular weight excluding hydrogens is 340 g/mol. The summed E-state index contributed by atoms with van der Waals surface area (Å²) < 4.78 is 5.81. The highest BCUT2D eigenvalue weighted by Crippen LogP contribution is 2.33. The van der Waals surface area contributed by atoms with Gasteiger partial charge in [0.25, 0.3) is 5.91 Å². The predicted molar refractivity (Wildman–Crippen MR) is 103 cm³/mol. The lowest BCUT2D eigenvalue weighted by molar-refractivity contribution is -0.124. The van der Waals surface area contributed by atoms with Gasteiger partial charge in [0.1, 0.15) is 10.1 Å². The van der Waals surface area contributed by atoms with E-state index in [-0.39, 0.29) is 5.91 Å². The van der Waals surface area contributed by atoms with Crippen molar-refractivity contribution >= 4 is 40.3 Å². The van der Waals surface area contributed by atoms with Crippen LogP contribution in [0.3, 0.4) is 0 Å². The Bertz CT molecular complexity index is 657. The monoisotopic (exact) mass is 362 g/mol. The lowest BCUT2D eigenvalue weighted by atomic mass is 10.0. The topological polar surface area (TPSA) is 32.8 Å². The molecule has 0 spiro atoms. The minimum absolute atomic E-state index is 0.0126. The zero-order chi connectivity index (χ0) is 17.1. The van der Waals surface area contributed by atoms with Gasteiger partial charge < -0.3 is 4.74 Å². The number of nitrogens with zero attached hydrogens (tertiary/aromatic N) is 2. The van der Waals surface area contributed by atoms with Gasteiger partial charge in [-0.3, -0.25) is 14.6 Å². The highest BCUT2D eigenvalue weighted by Gasteiger charge is 2.34. The molecule has 0 unspecified atom stereocenters. The largest absolute Gasteiger partial charge is 0.497 e. The number of likely N-dealkylation sites (tertiary alicyclic amines) is 1. The fraction of sp³-hybridized carbons (Fsp3) is 0.444. The fourth-order valence-corrected chi connectivity index (χ4v) is 4.26. The molecular formula is C18H22N2O2S2. The molecule has 1 aromatic carbocycles. The van der Waals surface area contributed by atoms with Crippen molar-refractivity contribution in [1.82, 2.24) is 9.80 Å². The maximum absolute atomic E-state index is 12.7. The molecule has 3 rings (SSSR count). The van der Waals surface area contributed by atoms with Gasteiger partial charge >= 0.3 is 0 Å². The van der Waals surface area contributed by atoms with Crippen LogP contribution in [0.15, 0.2) is 29.2 Å². The molecule has 1 amide bonds. The van der Waals surface area contributed by atoms with Crippen LogP contribution in [-0.4, -0.2) is 46.4 Å². The van der Waals surface area contributed by atoms with Crippen molar-refractivity contribution < 1.29 is 9.53 Å². The van der Waals surface area contributed by atoms with Crippen molar-refractivity contribution in [1.29, 1.82) is 0 Å². The molecule has 6 heteroatoms. The summed E-state index contributed by atoms with van der Waals surface area (Å²) in [5, 5.41) is 0. The first-order valence-corrected chi connectivity index (χ1v) is 9.44. The first-order valence-electron chi connectivity index (χ1n) is 8.22. The van der Waals surface area contributed by atoms with Crippen molar-refractivity contribution in [3.8, 4) is 5.75 Å². The number of rotatable bonds is 4. The van der Waals surface area contributed by atoms with Gasteiger partial charge in [0, 0.05) is 12.6 Å². The van der Waals surface area contributed by atoms with Gasteiger partial charge in [-0.05, 0) is 43.5 Å². The lowest BCUT2D eigenvalue weighted by Gasteiger charge is -2.35. The molecule has 0 aliphatic carbocycles. The third-order valence-electron chi connectivity index (χ3n) is 4.55. The third-order valence-corrected chi connectivity index (χ3v) is 5.93. The van der Waals surface area contributed by atoms with Crippen LogP contribution >= 0.6 is 24.0 Å². The van der Waals surface area contributed by atoms with E-state index in [2.05, 4.69) is 11.8 Å². The molecule has 0 radical (unpaired) electrons. The molecule has 0 N–H and O–H groups in total. The molecule has 0 bridgehead atoms. The number of piperidine rings is 1. The normalized spacial score (nSPS) is 24.0. The highest BCUT2D eigenvalue weighted by atomic mass is 32.2. The van der Waals surface area contributed by atoms with Gasteiger partial charge in [-0.15, -0.1) is 0 Å². The Morgan fingerprint density at radius 3 is 2.75 bits per heavy atom. The second-order valence-corrected chi connectivity index (χ2v) is 7.86. The zero-order valence-electron chi connectivity index (χ0n) is 14.0. The number of ether oxygens (including phenoxy) is 1. The van der Waals surface area contributed by atoms with E-state index in [4.69, 9.17) is 17.0 Å². The van der Waals surface area contributed by atoms with E-state index in [0.717, 1.165) is 17.9 Å². The van der Waals surface area contributed by atoms with Crippen molar-refractivity contribution in [3.05, 3.63) is 34.7 Å². The molecule has 24 heavy (non-hydrogen) atoms. The Kier molecular flexibility index (Phi) is 5.58. The van der Waals surface area contributed by atoms with Gasteiger partial charge in [0.15, 0.2) is 0 Å². The molecule has 4 nitrogen and oxygen atoms in total. The molecule has 1 aromatic rings. The first kappa shape index (κ1) is 17.5. The average Bonchev–Trinajstić information content (AvgIpc) is 2.85. The lowest BCUT2D eigenvalue weighted by Crippen LogP contribution is -2.46. The SMILES string of the molecule is COc1ccc(/C=C2/SC(=S)N(CN3CCCC[C@@H]3C)C2=O)cc1. The Morgan fingerprint density at radius 1 is 1.33 bits per heavy atom. The predicted octanol–water partition coefficient (Wildman–Crippen LogP) is 3.73. The van der Waals surface area contributed by atoms with Crippen LogP contribution < -0.4 is 4.74 Å². The number of hydrogen-bond acceptors (Lipinski definition) is 5. The summed E-state index contributed by atoms with van der Waals surface area (Å²) in [7, 11) is 1.64. The van der Waals surface area contributed by atoms with Crippen LogP contribution in [0, 0.1) is 0 Å². The van der Waals surface area contributed by atoms with Gasteiger partial charge in [-0.2, -0.15) is 0 Å². The summed E-state index contributed by atoms with van der Waals surface area (Å²) in [6.45, 7) is 3.87. The summed E-state index contributed by atoms with van der Waals surface area (Å²) >= 11 is 6.83. The number of carbonyl (C=O) groups is 1. The number of amides is 1. The van der Waals surface area contributed by atoms with E-state index in [9.17, 15) is 4.79 Å². The van der Waals surface area contributed by atoms with Crippen LogP contribution in [0.1, 0.15) is 31.7 Å². The van der Waals surface area contributed by atoms with E-state index in [1.807, 2.05) is 30.3 Å². The second-order valence-electron chi connectivity index (χ2n) is 6.18. The van der Waals surface area contributed by atoms with Crippen molar-refractivity contribution in [2.24, 2.45) is 0 Å².